The van der Waals surface area contributed by atoms with Gasteiger partial charge in [-0.25, -0.2) is 0 Å². The molecule has 0 aromatic rings. The molecule has 28 heavy (non-hydrogen) atoms. The molecule has 4 saturated carbocycles. The molecule has 0 aromatic heterocycles. The molecule has 0 aromatic carbocycles. The highest BCUT2D eigenvalue weighted by atomic mass is 16.5. The number of Topliss-reactive ketones (excluding diaryl/α,β-unsaturated/α-hetero) is 2. The van der Waals surface area contributed by atoms with Crippen LogP contribution in [-0.2, 0) is 23.9 Å². The molecular formula is C22H28O6. The SMILES string of the molecule is C=C1C(OC(C)=O)[C@]23C[C@H]1CC[C@H]2[C@]12CO[C@H](CC1=O)C(C)(C)[C@H]2C(O)C3=O. The maximum atomic E-state index is 13.8. The number of carbonyl (C=O) groups is 3. The quantitative estimate of drug-likeness (QED) is 0.545. The van der Waals surface area contributed by atoms with Crippen LogP contribution < -0.4 is 0 Å². The highest BCUT2D eigenvalue weighted by molar-refractivity contribution is 5.98. The van der Waals surface area contributed by atoms with Crippen molar-refractivity contribution in [1.82, 2.24) is 0 Å². The van der Waals surface area contributed by atoms with E-state index in [-0.39, 0.29) is 36.1 Å². The number of hydrogen-bond acceptors (Lipinski definition) is 6. The molecule has 1 N–H and O–H groups in total. The third kappa shape index (κ3) is 1.80. The molecule has 6 nitrogen and oxygen atoms in total. The first-order valence-corrected chi connectivity index (χ1v) is 10.3. The summed E-state index contributed by atoms with van der Waals surface area (Å²) in [4.78, 5) is 39.1. The average Bonchev–Trinajstić information content (AvgIpc) is 2.82. The van der Waals surface area contributed by atoms with Gasteiger partial charge in [-0.2, -0.15) is 0 Å². The second kappa shape index (κ2) is 5.33. The number of ether oxygens (including phenoxy) is 2. The average molecular weight is 388 g/mol. The van der Waals surface area contributed by atoms with Crippen LogP contribution in [0.5, 0.6) is 0 Å². The zero-order valence-electron chi connectivity index (χ0n) is 16.7. The number of fused-ring (bicyclic) bond motifs is 3. The van der Waals surface area contributed by atoms with Crippen molar-refractivity contribution in [2.75, 3.05) is 6.61 Å². The van der Waals surface area contributed by atoms with Crippen LogP contribution in [0, 0.1) is 34.0 Å². The number of esters is 1. The molecule has 2 spiro atoms. The molecule has 4 aliphatic carbocycles. The fourth-order valence-electron chi connectivity index (χ4n) is 7.86. The second-order valence-electron chi connectivity index (χ2n) is 10.2. The molecule has 2 heterocycles. The predicted molar refractivity (Wildman–Crippen MR) is 98.0 cm³/mol. The molecule has 6 fully saturated rings. The lowest BCUT2D eigenvalue weighted by Gasteiger charge is -2.68. The Morgan fingerprint density at radius 1 is 1.25 bits per heavy atom. The number of rotatable bonds is 1. The van der Waals surface area contributed by atoms with Gasteiger partial charge in [-0.15, -0.1) is 0 Å². The normalized spacial score (nSPS) is 50.9. The zero-order chi connectivity index (χ0) is 20.2. The molecule has 8 atom stereocenters. The first-order chi connectivity index (χ1) is 13.1. The summed E-state index contributed by atoms with van der Waals surface area (Å²) in [5.41, 5.74) is -1.70. The maximum absolute atomic E-state index is 13.8. The summed E-state index contributed by atoms with van der Waals surface area (Å²) in [5.74, 6) is -1.32. The van der Waals surface area contributed by atoms with Crippen LogP contribution in [0.15, 0.2) is 12.2 Å². The largest absolute Gasteiger partial charge is 0.457 e. The Balaban J connectivity index is 1.73. The summed E-state index contributed by atoms with van der Waals surface area (Å²) >= 11 is 0. The van der Waals surface area contributed by atoms with Crippen molar-refractivity contribution in [2.24, 2.45) is 34.0 Å². The van der Waals surface area contributed by atoms with E-state index in [2.05, 4.69) is 6.58 Å². The monoisotopic (exact) mass is 388 g/mol. The third-order valence-electron chi connectivity index (χ3n) is 8.89. The zero-order valence-corrected chi connectivity index (χ0v) is 16.7. The molecule has 6 heteroatoms. The van der Waals surface area contributed by atoms with Gasteiger partial charge < -0.3 is 14.6 Å². The summed E-state index contributed by atoms with van der Waals surface area (Å²) in [6, 6.07) is 0. The van der Waals surface area contributed by atoms with E-state index in [1.54, 1.807) is 0 Å². The van der Waals surface area contributed by atoms with Crippen molar-refractivity contribution in [2.45, 2.75) is 64.8 Å². The van der Waals surface area contributed by atoms with Crippen molar-refractivity contribution in [3.8, 4) is 0 Å². The lowest BCUT2D eigenvalue weighted by Crippen LogP contribution is -2.77. The van der Waals surface area contributed by atoms with Crippen molar-refractivity contribution in [3.63, 3.8) is 0 Å². The molecule has 0 radical (unpaired) electrons. The van der Waals surface area contributed by atoms with E-state index in [1.165, 1.54) is 6.92 Å². The molecule has 6 rings (SSSR count). The Kier molecular flexibility index (Phi) is 3.52. The van der Waals surface area contributed by atoms with Crippen LogP contribution in [0.4, 0.5) is 0 Å². The molecule has 4 bridgehead atoms. The van der Waals surface area contributed by atoms with Crippen LogP contribution in [0.25, 0.3) is 0 Å². The Bertz CT molecular complexity index is 814. The summed E-state index contributed by atoms with van der Waals surface area (Å²) in [5, 5.41) is 11.3. The van der Waals surface area contributed by atoms with E-state index in [4.69, 9.17) is 9.47 Å². The standard InChI is InChI=1S/C22H28O6/c1-10-12-5-6-13-21(8-12,19(10)28-11(2)23)18(26)16(25)17-20(3,4)15-7-14(24)22(13,17)9-27-15/h12-13,15-17,19,25H,1,5-9H2,2-4H3/t12-,13-,15-,16?,17-,19?,21-,22-/m1/s1. The van der Waals surface area contributed by atoms with E-state index in [1.807, 2.05) is 13.8 Å². The first-order valence-electron chi connectivity index (χ1n) is 10.3. The Hall–Kier alpha value is -1.53. The van der Waals surface area contributed by atoms with Crippen LogP contribution in [-0.4, -0.2) is 47.6 Å². The van der Waals surface area contributed by atoms with Crippen LogP contribution in [0.1, 0.15) is 46.5 Å². The number of hydrogen-bond donors (Lipinski definition) is 1. The fourth-order valence-corrected chi connectivity index (χ4v) is 7.86. The first kappa shape index (κ1) is 18.5. The topological polar surface area (TPSA) is 89.9 Å². The molecule has 2 unspecified atom stereocenters. The van der Waals surface area contributed by atoms with Gasteiger partial charge in [0.2, 0.25) is 0 Å². The lowest BCUT2D eigenvalue weighted by atomic mass is 9.37. The minimum absolute atomic E-state index is 0.0775. The highest BCUT2D eigenvalue weighted by Gasteiger charge is 2.79. The summed E-state index contributed by atoms with van der Waals surface area (Å²) in [6.45, 7) is 9.73. The van der Waals surface area contributed by atoms with Gasteiger partial charge in [-0.05, 0) is 42.1 Å². The van der Waals surface area contributed by atoms with Crippen LogP contribution in [0.2, 0.25) is 0 Å². The lowest BCUT2D eigenvalue weighted by molar-refractivity contribution is -0.275. The van der Waals surface area contributed by atoms with E-state index in [0.29, 0.717) is 19.3 Å². The van der Waals surface area contributed by atoms with Gasteiger partial charge in [-0.3, -0.25) is 14.4 Å². The van der Waals surface area contributed by atoms with E-state index >= 15 is 0 Å². The van der Waals surface area contributed by atoms with Gasteiger partial charge in [0.15, 0.2) is 5.78 Å². The number of aliphatic hydroxyl groups is 1. The van der Waals surface area contributed by atoms with Gasteiger partial charge in [0, 0.05) is 19.3 Å². The Morgan fingerprint density at radius 3 is 2.61 bits per heavy atom. The third-order valence-corrected chi connectivity index (χ3v) is 8.89. The van der Waals surface area contributed by atoms with E-state index < -0.39 is 40.3 Å². The number of aliphatic hydroxyl groups excluding tert-OH is 1. The molecule has 2 saturated heterocycles. The van der Waals surface area contributed by atoms with Crippen LogP contribution >= 0.6 is 0 Å². The number of ketones is 2. The van der Waals surface area contributed by atoms with Gasteiger partial charge in [0.25, 0.3) is 0 Å². The van der Waals surface area contributed by atoms with E-state index in [0.717, 1.165) is 12.0 Å². The van der Waals surface area contributed by atoms with Gasteiger partial charge in [0.05, 0.1) is 23.5 Å². The Labute approximate surface area is 164 Å². The second-order valence-corrected chi connectivity index (χ2v) is 10.2. The minimum Gasteiger partial charge on any atom is -0.457 e. The summed E-state index contributed by atoms with van der Waals surface area (Å²) in [6.07, 6.45) is 0.0162. The highest BCUT2D eigenvalue weighted by Crippen LogP contribution is 2.72. The summed E-state index contributed by atoms with van der Waals surface area (Å²) in [7, 11) is 0. The summed E-state index contributed by atoms with van der Waals surface area (Å²) < 4.78 is 11.8. The maximum Gasteiger partial charge on any atom is 0.303 e. The molecular weight excluding hydrogens is 360 g/mol. The van der Waals surface area contributed by atoms with Gasteiger partial charge in [-0.1, -0.05) is 20.4 Å². The van der Waals surface area contributed by atoms with Crippen molar-refractivity contribution in [1.29, 1.82) is 0 Å². The molecule has 0 amide bonds. The van der Waals surface area contributed by atoms with E-state index in [9.17, 15) is 19.5 Å². The molecule has 2 aliphatic heterocycles. The van der Waals surface area contributed by atoms with Gasteiger partial charge >= 0.3 is 5.97 Å². The predicted octanol–water partition coefficient (Wildman–Crippen LogP) is 1.83. The molecule has 6 aliphatic rings. The van der Waals surface area contributed by atoms with Crippen molar-refractivity contribution >= 4 is 17.5 Å². The fraction of sp³-hybridized carbons (Fsp3) is 0.773. The van der Waals surface area contributed by atoms with Crippen molar-refractivity contribution < 1.29 is 29.0 Å². The number of carbonyl (C=O) groups excluding carboxylic acids is 3. The van der Waals surface area contributed by atoms with Crippen LogP contribution in [0.3, 0.4) is 0 Å². The Morgan fingerprint density at radius 2 is 1.96 bits per heavy atom. The smallest absolute Gasteiger partial charge is 0.303 e. The minimum atomic E-state index is -1.26. The molecule has 152 valence electrons. The van der Waals surface area contributed by atoms with Gasteiger partial charge in [0.1, 0.15) is 18.0 Å². The van der Waals surface area contributed by atoms with Crippen molar-refractivity contribution in [3.05, 3.63) is 12.2 Å².